The van der Waals surface area contributed by atoms with E-state index in [2.05, 4.69) is 26.1 Å². The number of nitrogens with zero attached hydrogens (tertiary/aromatic N) is 1. The molecule has 1 aromatic rings. The maximum Gasteiger partial charge on any atom is 0.263 e. The number of rotatable bonds is 5. The van der Waals surface area contributed by atoms with Crippen LogP contribution in [0.25, 0.3) is 0 Å². The standard InChI is InChI=1S/C15H24N2OS/c1-4-8-17(10-13-6-5-7-16-13)15(18)14-9-11(2)12(3)19-14/h9,13,16H,4-8,10H2,1-3H3. The lowest BCUT2D eigenvalue weighted by Gasteiger charge is -2.25. The van der Waals surface area contributed by atoms with Gasteiger partial charge in [0.25, 0.3) is 5.91 Å². The van der Waals surface area contributed by atoms with Crippen molar-refractivity contribution in [2.75, 3.05) is 19.6 Å². The molecule has 4 heteroatoms. The molecule has 0 saturated carbocycles. The van der Waals surface area contributed by atoms with Crippen molar-refractivity contribution in [3.8, 4) is 0 Å². The second-order valence-electron chi connectivity index (χ2n) is 5.39. The predicted molar refractivity (Wildman–Crippen MR) is 81.0 cm³/mol. The molecular weight excluding hydrogens is 256 g/mol. The summed E-state index contributed by atoms with van der Waals surface area (Å²) in [5.41, 5.74) is 1.23. The maximum absolute atomic E-state index is 12.6. The van der Waals surface area contributed by atoms with Crippen molar-refractivity contribution in [1.29, 1.82) is 0 Å². The molecule has 2 rings (SSSR count). The van der Waals surface area contributed by atoms with E-state index in [4.69, 9.17) is 0 Å². The molecule has 2 heterocycles. The van der Waals surface area contributed by atoms with Crippen LogP contribution in [0.15, 0.2) is 6.07 Å². The van der Waals surface area contributed by atoms with Gasteiger partial charge >= 0.3 is 0 Å². The number of carbonyl (C=O) groups is 1. The van der Waals surface area contributed by atoms with E-state index in [1.807, 2.05) is 11.0 Å². The molecular formula is C15H24N2OS. The number of hydrogen-bond donors (Lipinski definition) is 1. The van der Waals surface area contributed by atoms with Crippen molar-refractivity contribution in [1.82, 2.24) is 10.2 Å². The van der Waals surface area contributed by atoms with Crippen molar-refractivity contribution in [2.45, 2.75) is 46.1 Å². The molecule has 1 aromatic heterocycles. The molecule has 1 saturated heterocycles. The molecule has 19 heavy (non-hydrogen) atoms. The molecule has 0 radical (unpaired) electrons. The smallest absolute Gasteiger partial charge is 0.263 e. The Hall–Kier alpha value is -0.870. The zero-order chi connectivity index (χ0) is 13.8. The van der Waals surface area contributed by atoms with Crippen molar-refractivity contribution < 1.29 is 4.79 Å². The molecule has 1 atom stereocenters. The molecule has 1 unspecified atom stereocenters. The summed E-state index contributed by atoms with van der Waals surface area (Å²) in [4.78, 5) is 16.8. The first kappa shape index (κ1) is 14.5. The van der Waals surface area contributed by atoms with Crippen LogP contribution >= 0.6 is 11.3 Å². The fraction of sp³-hybridized carbons (Fsp3) is 0.667. The normalized spacial score (nSPS) is 18.8. The summed E-state index contributed by atoms with van der Waals surface area (Å²) in [5, 5.41) is 3.48. The summed E-state index contributed by atoms with van der Waals surface area (Å²) in [6.07, 6.45) is 3.44. The van der Waals surface area contributed by atoms with Gasteiger partial charge in [0.1, 0.15) is 0 Å². The molecule has 0 aliphatic carbocycles. The van der Waals surface area contributed by atoms with Crippen LogP contribution in [0.4, 0.5) is 0 Å². The lowest BCUT2D eigenvalue weighted by molar-refractivity contribution is 0.0746. The first-order valence-corrected chi connectivity index (χ1v) is 8.03. The molecule has 1 amide bonds. The molecule has 3 nitrogen and oxygen atoms in total. The number of aryl methyl sites for hydroxylation is 2. The highest BCUT2D eigenvalue weighted by atomic mass is 32.1. The Morgan fingerprint density at radius 3 is 2.84 bits per heavy atom. The Labute approximate surface area is 120 Å². The topological polar surface area (TPSA) is 32.3 Å². The van der Waals surface area contributed by atoms with Crippen LogP contribution in [-0.4, -0.2) is 36.5 Å². The second kappa shape index (κ2) is 6.53. The van der Waals surface area contributed by atoms with Crippen LogP contribution in [0.2, 0.25) is 0 Å². The van der Waals surface area contributed by atoms with Gasteiger partial charge in [-0.05, 0) is 51.3 Å². The molecule has 106 valence electrons. The van der Waals surface area contributed by atoms with Crippen molar-refractivity contribution in [3.63, 3.8) is 0 Å². The second-order valence-corrected chi connectivity index (χ2v) is 6.65. The average molecular weight is 280 g/mol. The van der Waals surface area contributed by atoms with Gasteiger partial charge in [0.15, 0.2) is 0 Å². The maximum atomic E-state index is 12.6. The van der Waals surface area contributed by atoms with E-state index in [-0.39, 0.29) is 5.91 Å². The highest BCUT2D eigenvalue weighted by Gasteiger charge is 2.23. The predicted octanol–water partition coefficient (Wildman–Crippen LogP) is 2.97. The van der Waals surface area contributed by atoms with E-state index in [0.717, 1.165) is 30.9 Å². The summed E-state index contributed by atoms with van der Waals surface area (Å²) in [6, 6.07) is 2.52. The number of hydrogen-bond acceptors (Lipinski definition) is 3. The molecule has 1 aliphatic heterocycles. The largest absolute Gasteiger partial charge is 0.336 e. The van der Waals surface area contributed by atoms with Crippen LogP contribution in [0.5, 0.6) is 0 Å². The zero-order valence-corrected chi connectivity index (χ0v) is 13.0. The third kappa shape index (κ3) is 3.57. The highest BCUT2D eigenvalue weighted by Crippen LogP contribution is 2.22. The summed E-state index contributed by atoms with van der Waals surface area (Å²) in [7, 11) is 0. The summed E-state index contributed by atoms with van der Waals surface area (Å²) in [5.74, 6) is 0.205. The monoisotopic (exact) mass is 280 g/mol. The van der Waals surface area contributed by atoms with Crippen molar-refractivity contribution >= 4 is 17.2 Å². The van der Waals surface area contributed by atoms with Gasteiger partial charge in [0.2, 0.25) is 0 Å². The van der Waals surface area contributed by atoms with Crippen LogP contribution in [0, 0.1) is 13.8 Å². The van der Waals surface area contributed by atoms with Gasteiger partial charge in [0.05, 0.1) is 4.88 Å². The van der Waals surface area contributed by atoms with Crippen LogP contribution in [0.1, 0.15) is 46.3 Å². The van der Waals surface area contributed by atoms with Crippen LogP contribution in [0.3, 0.4) is 0 Å². The van der Waals surface area contributed by atoms with Gasteiger partial charge in [-0.2, -0.15) is 0 Å². The molecule has 0 bridgehead atoms. The van der Waals surface area contributed by atoms with E-state index in [1.54, 1.807) is 11.3 Å². The Bertz CT molecular complexity index is 416. The summed E-state index contributed by atoms with van der Waals surface area (Å²) >= 11 is 1.62. The van der Waals surface area contributed by atoms with Gasteiger partial charge in [-0.3, -0.25) is 4.79 Å². The van der Waals surface area contributed by atoms with E-state index in [0.29, 0.717) is 6.04 Å². The average Bonchev–Trinajstić information content (AvgIpc) is 2.99. The van der Waals surface area contributed by atoms with Crippen molar-refractivity contribution in [2.24, 2.45) is 0 Å². The number of thiophene rings is 1. The molecule has 1 N–H and O–H groups in total. The third-order valence-corrected chi connectivity index (χ3v) is 4.90. The summed E-state index contributed by atoms with van der Waals surface area (Å²) < 4.78 is 0. The lowest BCUT2D eigenvalue weighted by atomic mass is 10.2. The lowest BCUT2D eigenvalue weighted by Crippen LogP contribution is -2.41. The van der Waals surface area contributed by atoms with Crippen LogP contribution < -0.4 is 5.32 Å². The number of nitrogens with one attached hydrogen (secondary N) is 1. The summed E-state index contributed by atoms with van der Waals surface area (Å²) in [6.45, 7) is 9.09. The Morgan fingerprint density at radius 1 is 1.53 bits per heavy atom. The van der Waals surface area contributed by atoms with E-state index in [9.17, 15) is 4.79 Å². The molecule has 1 fully saturated rings. The van der Waals surface area contributed by atoms with Gasteiger partial charge in [-0.1, -0.05) is 6.92 Å². The fourth-order valence-electron chi connectivity index (χ4n) is 2.56. The minimum absolute atomic E-state index is 0.205. The van der Waals surface area contributed by atoms with Gasteiger partial charge in [0, 0.05) is 24.0 Å². The third-order valence-electron chi connectivity index (χ3n) is 3.76. The van der Waals surface area contributed by atoms with Gasteiger partial charge < -0.3 is 10.2 Å². The minimum atomic E-state index is 0.205. The van der Waals surface area contributed by atoms with E-state index in [1.165, 1.54) is 23.3 Å². The number of amides is 1. The van der Waals surface area contributed by atoms with Gasteiger partial charge in [-0.15, -0.1) is 11.3 Å². The quantitative estimate of drug-likeness (QED) is 0.899. The van der Waals surface area contributed by atoms with E-state index >= 15 is 0 Å². The van der Waals surface area contributed by atoms with Crippen LogP contribution in [-0.2, 0) is 0 Å². The Balaban J connectivity index is 2.06. The van der Waals surface area contributed by atoms with E-state index < -0.39 is 0 Å². The zero-order valence-electron chi connectivity index (χ0n) is 12.2. The SMILES string of the molecule is CCCN(CC1CCCN1)C(=O)c1cc(C)c(C)s1. The first-order valence-electron chi connectivity index (χ1n) is 7.21. The van der Waals surface area contributed by atoms with Crippen molar-refractivity contribution in [3.05, 3.63) is 21.4 Å². The van der Waals surface area contributed by atoms with Gasteiger partial charge in [-0.25, -0.2) is 0 Å². The first-order chi connectivity index (χ1) is 9.11. The highest BCUT2D eigenvalue weighted by molar-refractivity contribution is 7.14. The Morgan fingerprint density at radius 2 is 2.32 bits per heavy atom. The Kier molecular flexibility index (Phi) is 4.99. The fourth-order valence-corrected chi connectivity index (χ4v) is 3.56. The molecule has 0 aromatic carbocycles. The number of carbonyl (C=O) groups excluding carboxylic acids is 1. The molecule has 1 aliphatic rings. The minimum Gasteiger partial charge on any atom is -0.336 e. The molecule has 0 spiro atoms.